The van der Waals surface area contributed by atoms with Crippen molar-refractivity contribution >= 4 is 22.7 Å². The van der Waals surface area contributed by atoms with E-state index in [-0.39, 0.29) is 11.7 Å². The fourth-order valence-corrected chi connectivity index (χ4v) is 2.83. The minimum Gasteiger partial charge on any atom is -0.384 e. The second kappa shape index (κ2) is 6.38. The van der Waals surface area contributed by atoms with Crippen molar-refractivity contribution in [3.8, 4) is 22.6 Å². The maximum absolute atomic E-state index is 7.54. The molecule has 0 spiro atoms. The van der Waals surface area contributed by atoms with Gasteiger partial charge in [0.05, 0.1) is 16.7 Å². The first kappa shape index (κ1) is 16.5. The smallest absolute Gasteiger partial charge is 0.138 e. The number of amidine groups is 2. The zero-order chi connectivity index (χ0) is 19.0. The van der Waals surface area contributed by atoms with E-state index >= 15 is 0 Å². The Balaban J connectivity index is 1.64. The third kappa shape index (κ3) is 3.13. The predicted octanol–water partition coefficient (Wildman–Crippen LogP) is 2.86. The topological polar surface area (TPSA) is 141 Å². The Morgan fingerprint density at radius 2 is 1.48 bits per heavy atom. The Labute approximate surface area is 155 Å². The lowest BCUT2D eigenvalue weighted by atomic mass is 10.1. The molecule has 0 aliphatic rings. The van der Waals surface area contributed by atoms with E-state index in [1.807, 2.05) is 36.4 Å². The number of aromatic amines is 1. The molecule has 2 heterocycles. The van der Waals surface area contributed by atoms with Gasteiger partial charge in [0.1, 0.15) is 17.5 Å². The molecule has 7 N–H and O–H groups in total. The van der Waals surface area contributed by atoms with Crippen LogP contribution in [0, 0.1) is 10.8 Å². The molecule has 7 nitrogen and oxygen atoms in total. The summed E-state index contributed by atoms with van der Waals surface area (Å²) >= 11 is 0. The lowest BCUT2D eigenvalue weighted by Gasteiger charge is -2.04. The van der Waals surface area contributed by atoms with Crippen LogP contribution < -0.4 is 11.5 Å². The van der Waals surface area contributed by atoms with Crippen molar-refractivity contribution in [1.29, 1.82) is 10.8 Å². The summed E-state index contributed by atoms with van der Waals surface area (Å²) in [5.74, 6) is 0.772. The molecule has 0 aliphatic carbocycles. The van der Waals surface area contributed by atoms with Crippen LogP contribution in [0.2, 0.25) is 0 Å². The largest absolute Gasteiger partial charge is 0.384 e. The highest BCUT2D eigenvalue weighted by atomic mass is 14.9. The first-order valence-electron chi connectivity index (χ1n) is 8.27. The van der Waals surface area contributed by atoms with E-state index in [1.165, 1.54) is 0 Å². The van der Waals surface area contributed by atoms with Gasteiger partial charge in [-0.1, -0.05) is 24.3 Å². The van der Waals surface area contributed by atoms with Gasteiger partial charge in [0.25, 0.3) is 0 Å². The SMILES string of the molecule is N=C(N)c1ccc(-c2ccc(-c3nc4cc(C(=N)N)ccc4[nH]3)cc2)nc1. The average Bonchev–Trinajstić information content (AvgIpc) is 3.11. The van der Waals surface area contributed by atoms with Crippen LogP contribution in [0.25, 0.3) is 33.7 Å². The molecule has 2 aromatic carbocycles. The van der Waals surface area contributed by atoms with Crippen molar-refractivity contribution in [3.05, 3.63) is 71.9 Å². The summed E-state index contributed by atoms with van der Waals surface area (Å²) in [6, 6.07) is 17.0. The number of nitrogen functional groups attached to an aromatic ring is 2. The van der Waals surface area contributed by atoms with Crippen molar-refractivity contribution in [3.63, 3.8) is 0 Å². The van der Waals surface area contributed by atoms with Crippen LogP contribution in [-0.2, 0) is 0 Å². The van der Waals surface area contributed by atoms with E-state index in [0.717, 1.165) is 33.7 Å². The van der Waals surface area contributed by atoms with Crippen LogP contribution in [0.1, 0.15) is 11.1 Å². The maximum Gasteiger partial charge on any atom is 0.138 e. The van der Waals surface area contributed by atoms with Gasteiger partial charge in [-0.15, -0.1) is 0 Å². The second-order valence-electron chi connectivity index (χ2n) is 6.15. The van der Waals surface area contributed by atoms with Crippen LogP contribution in [0.15, 0.2) is 60.8 Å². The lowest BCUT2D eigenvalue weighted by molar-refractivity contribution is 1.29. The quantitative estimate of drug-likeness (QED) is 0.283. The maximum atomic E-state index is 7.54. The van der Waals surface area contributed by atoms with E-state index in [9.17, 15) is 0 Å². The number of aromatic nitrogens is 3. The third-order valence-electron chi connectivity index (χ3n) is 4.32. The summed E-state index contributed by atoms with van der Waals surface area (Å²) in [7, 11) is 0. The molecule has 7 heteroatoms. The molecule has 0 radical (unpaired) electrons. The molecule has 0 amide bonds. The summed E-state index contributed by atoms with van der Waals surface area (Å²) in [6.45, 7) is 0. The number of rotatable bonds is 4. The Morgan fingerprint density at radius 3 is 2.11 bits per heavy atom. The molecule has 0 bridgehead atoms. The fourth-order valence-electron chi connectivity index (χ4n) is 2.83. The van der Waals surface area contributed by atoms with Gasteiger partial charge in [0.2, 0.25) is 0 Å². The Bertz CT molecular complexity index is 1160. The lowest BCUT2D eigenvalue weighted by Crippen LogP contribution is -2.11. The van der Waals surface area contributed by atoms with Crippen molar-refractivity contribution in [2.24, 2.45) is 11.5 Å². The highest BCUT2D eigenvalue weighted by molar-refractivity contribution is 5.98. The van der Waals surface area contributed by atoms with Crippen LogP contribution in [0.5, 0.6) is 0 Å². The van der Waals surface area contributed by atoms with Crippen LogP contribution in [0.3, 0.4) is 0 Å². The summed E-state index contributed by atoms with van der Waals surface area (Å²) < 4.78 is 0. The molecule has 0 saturated carbocycles. The van der Waals surface area contributed by atoms with Gasteiger partial charge < -0.3 is 16.5 Å². The van der Waals surface area contributed by atoms with Crippen LogP contribution >= 0.6 is 0 Å². The van der Waals surface area contributed by atoms with E-state index in [1.54, 1.807) is 24.4 Å². The monoisotopic (exact) mass is 355 g/mol. The Morgan fingerprint density at radius 1 is 0.815 bits per heavy atom. The van der Waals surface area contributed by atoms with Crippen molar-refractivity contribution in [1.82, 2.24) is 15.0 Å². The van der Waals surface area contributed by atoms with Gasteiger partial charge in [0, 0.05) is 28.5 Å². The second-order valence-corrected chi connectivity index (χ2v) is 6.15. The number of hydrogen-bond donors (Lipinski definition) is 5. The van der Waals surface area contributed by atoms with Gasteiger partial charge in [-0.05, 0) is 30.3 Å². The van der Waals surface area contributed by atoms with Crippen molar-refractivity contribution in [2.75, 3.05) is 0 Å². The van der Waals surface area contributed by atoms with Gasteiger partial charge in [0.15, 0.2) is 0 Å². The molecular formula is C20H17N7. The third-order valence-corrected chi connectivity index (χ3v) is 4.32. The number of pyridine rings is 1. The zero-order valence-corrected chi connectivity index (χ0v) is 14.3. The molecule has 4 aromatic rings. The number of nitrogens with two attached hydrogens (primary N) is 2. The Hall–Kier alpha value is -4.00. The highest BCUT2D eigenvalue weighted by Crippen LogP contribution is 2.24. The van der Waals surface area contributed by atoms with E-state index in [2.05, 4.69) is 15.0 Å². The highest BCUT2D eigenvalue weighted by Gasteiger charge is 2.08. The summed E-state index contributed by atoms with van der Waals surface area (Å²) in [4.78, 5) is 12.2. The number of nitrogens with one attached hydrogen (secondary N) is 3. The van der Waals surface area contributed by atoms with E-state index < -0.39 is 0 Å². The molecule has 132 valence electrons. The molecule has 2 aromatic heterocycles. The Kier molecular flexibility index (Phi) is 3.89. The number of H-pyrrole nitrogens is 1. The minimum absolute atomic E-state index is 0.00205. The van der Waals surface area contributed by atoms with Crippen LogP contribution in [-0.4, -0.2) is 26.6 Å². The predicted molar refractivity (Wildman–Crippen MR) is 107 cm³/mol. The number of benzene rings is 2. The average molecular weight is 355 g/mol. The molecule has 0 atom stereocenters. The zero-order valence-electron chi connectivity index (χ0n) is 14.3. The fraction of sp³-hybridized carbons (Fsp3) is 0. The number of hydrogen-bond acceptors (Lipinski definition) is 4. The van der Waals surface area contributed by atoms with E-state index in [0.29, 0.717) is 11.1 Å². The molecular weight excluding hydrogens is 338 g/mol. The minimum atomic E-state index is 0.00205. The van der Waals surface area contributed by atoms with E-state index in [4.69, 9.17) is 22.3 Å². The van der Waals surface area contributed by atoms with Gasteiger partial charge in [-0.2, -0.15) is 0 Å². The molecule has 4 rings (SSSR count). The number of nitrogens with zero attached hydrogens (tertiary/aromatic N) is 2. The van der Waals surface area contributed by atoms with Gasteiger partial charge in [-0.3, -0.25) is 15.8 Å². The summed E-state index contributed by atoms with van der Waals surface area (Å²) in [6.07, 6.45) is 1.59. The summed E-state index contributed by atoms with van der Waals surface area (Å²) in [5.41, 5.74) is 16.6. The van der Waals surface area contributed by atoms with Gasteiger partial charge in [-0.25, -0.2) is 4.98 Å². The normalized spacial score (nSPS) is 10.8. The van der Waals surface area contributed by atoms with Crippen LogP contribution in [0.4, 0.5) is 0 Å². The standard InChI is InChI=1S/C20H17N7/c21-18(22)13-5-8-16-17(9-13)27-20(26-16)12-3-1-11(2-4-12)15-7-6-14(10-25-15)19(23)24/h1-10H,(H3,21,22)(H3,23,24)(H,26,27). The van der Waals surface area contributed by atoms with Gasteiger partial charge >= 0.3 is 0 Å². The first-order valence-corrected chi connectivity index (χ1v) is 8.27. The number of fused-ring (bicyclic) bond motifs is 1. The molecule has 0 aliphatic heterocycles. The van der Waals surface area contributed by atoms with Crippen molar-refractivity contribution in [2.45, 2.75) is 0 Å². The molecule has 0 saturated heterocycles. The first-order chi connectivity index (χ1) is 13.0. The number of imidazole rings is 1. The summed E-state index contributed by atoms with van der Waals surface area (Å²) in [5, 5.41) is 15.0. The molecule has 0 unspecified atom stereocenters. The molecule has 0 fully saturated rings. The van der Waals surface area contributed by atoms with Crippen molar-refractivity contribution < 1.29 is 0 Å². The molecule has 27 heavy (non-hydrogen) atoms.